The van der Waals surface area contributed by atoms with Gasteiger partial charge in [-0.15, -0.1) is 0 Å². The molecule has 0 amide bonds. The van der Waals surface area contributed by atoms with Crippen molar-refractivity contribution in [1.29, 1.82) is 5.26 Å². The molecule has 0 bridgehead atoms. The lowest BCUT2D eigenvalue weighted by atomic mass is 9.89. The number of nitrogen functional groups attached to an aromatic ring is 1. The maximum Gasteiger partial charge on any atom is 0.197 e. The van der Waals surface area contributed by atoms with Crippen LogP contribution in [0.5, 0.6) is 5.75 Å². The minimum atomic E-state index is 0.0670. The number of hydrogen-bond acceptors (Lipinski definition) is 4. The first-order valence-electron chi connectivity index (χ1n) is 7.63. The van der Waals surface area contributed by atoms with Crippen LogP contribution in [0.3, 0.4) is 0 Å². The number of benzene rings is 2. The van der Waals surface area contributed by atoms with Gasteiger partial charge in [0.2, 0.25) is 0 Å². The van der Waals surface area contributed by atoms with Crippen LogP contribution in [0.25, 0.3) is 0 Å². The summed E-state index contributed by atoms with van der Waals surface area (Å²) in [6.45, 7) is 0. The molecule has 2 aromatic carbocycles. The van der Waals surface area contributed by atoms with E-state index in [1.54, 1.807) is 7.11 Å². The second-order valence-electron chi connectivity index (χ2n) is 5.55. The number of H-pyrrole nitrogens is 1. The van der Waals surface area contributed by atoms with E-state index >= 15 is 0 Å². The van der Waals surface area contributed by atoms with E-state index in [9.17, 15) is 0 Å². The van der Waals surface area contributed by atoms with Crippen LogP contribution in [0.2, 0.25) is 0 Å². The maximum atomic E-state index is 8.93. The molecule has 3 aromatic rings. The van der Waals surface area contributed by atoms with Crippen LogP contribution in [0.4, 0.5) is 5.95 Å². The Morgan fingerprint density at radius 1 is 1.17 bits per heavy atom. The molecule has 0 radical (unpaired) electrons. The summed E-state index contributed by atoms with van der Waals surface area (Å²) in [6.07, 6.45) is 2.61. The van der Waals surface area contributed by atoms with Gasteiger partial charge in [0, 0.05) is 12.1 Å². The van der Waals surface area contributed by atoms with Crippen LogP contribution >= 0.6 is 0 Å². The number of methoxy groups -OCH3 is 1. The Labute approximate surface area is 140 Å². The highest BCUT2D eigenvalue weighted by molar-refractivity contribution is 5.38. The number of nitrogens with two attached hydrogens (primary N) is 1. The minimum absolute atomic E-state index is 0.0670. The zero-order chi connectivity index (χ0) is 16.9. The van der Waals surface area contributed by atoms with Crippen molar-refractivity contribution in [2.24, 2.45) is 0 Å². The van der Waals surface area contributed by atoms with Gasteiger partial charge in [0.05, 0.1) is 24.4 Å². The Hall–Kier alpha value is -3.26. The highest BCUT2D eigenvalue weighted by atomic mass is 16.5. The highest BCUT2D eigenvalue weighted by Crippen LogP contribution is 2.29. The number of ether oxygens (including phenoxy) is 1. The summed E-state index contributed by atoms with van der Waals surface area (Å²) in [5, 5.41) is 8.93. The number of nitriles is 1. The van der Waals surface area contributed by atoms with Gasteiger partial charge in [0.25, 0.3) is 0 Å². The fourth-order valence-corrected chi connectivity index (χ4v) is 2.71. The standard InChI is InChI=1S/C19H18N4O/c1-24-16-8-6-15(7-9-16)17(18-12-22-19(21)23-18)10-13-2-4-14(11-20)5-3-13/h2-9,12,17H,10H2,1H3,(H3,21,22,23). The average molecular weight is 318 g/mol. The predicted molar refractivity (Wildman–Crippen MR) is 92.7 cm³/mol. The van der Waals surface area contributed by atoms with Gasteiger partial charge in [-0.2, -0.15) is 5.26 Å². The molecule has 3 rings (SSSR count). The molecule has 1 heterocycles. The molecular weight excluding hydrogens is 300 g/mol. The molecule has 120 valence electrons. The molecule has 0 aliphatic rings. The molecule has 1 atom stereocenters. The fraction of sp³-hybridized carbons (Fsp3) is 0.158. The normalized spacial score (nSPS) is 11.7. The predicted octanol–water partition coefficient (Wildman–Crippen LogP) is 3.25. The third-order valence-corrected chi connectivity index (χ3v) is 4.02. The lowest BCUT2D eigenvalue weighted by Gasteiger charge is -2.16. The Balaban J connectivity index is 1.93. The first-order valence-corrected chi connectivity index (χ1v) is 7.63. The van der Waals surface area contributed by atoms with Gasteiger partial charge in [-0.3, -0.25) is 0 Å². The third-order valence-electron chi connectivity index (χ3n) is 4.02. The minimum Gasteiger partial charge on any atom is -0.497 e. The van der Waals surface area contributed by atoms with Crippen molar-refractivity contribution in [2.75, 3.05) is 12.8 Å². The maximum absolute atomic E-state index is 8.93. The monoisotopic (exact) mass is 318 g/mol. The number of nitrogens with zero attached hydrogens (tertiary/aromatic N) is 2. The third kappa shape index (κ3) is 3.39. The zero-order valence-corrected chi connectivity index (χ0v) is 13.4. The van der Waals surface area contributed by atoms with E-state index in [0.29, 0.717) is 11.5 Å². The van der Waals surface area contributed by atoms with E-state index in [-0.39, 0.29) is 5.92 Å². The number of imidazole rings is 1. The second kappa shape index (κ2) is 6.88. The molecule has 5 heteroatoms. The van der Waals surface area contributed by atoms with Gasteiger partial charge in [-0.25, -0.2) is 4.98 Å². The van der Waals surface area contributed by atoms with Crippen molar-refractivity contribution in [3.05, 3.63) is 77.1 Å². The van der Waals surface area contributed by atoms with Gasteiger partial charge >= 0.3 is 0 Å². The first-order chi connectivity index (χ1) is 11.7. The van der Waals surface area contributed by atoms with E-state index in [0.717, 1.165) is 29.0 Å². The SMILES string of the molecule is COc1ccc(C(Cc2ccc(C#N)cc2)c2c[nH]c(N)n2)cc1. The van der Waals surface area contributed by atoms with Gasteiger partial charge in [-0.05, 0) is 41.8 Å². The first kappa shape index (κ1) is 15.6. The van der Waals surface area contributed by atoms with Crippen LogP contribution in [-0.2, 0) is 6.42 Å². The summed E-state index contributed by atoms with van der Waals surface area (Å²) in [5.41, 5.74) is 9.56. The van der Waals surface area contributed by atoms with Crippen molar-refractivity contribution in [2.45, 2.75) is 12.3 Å². The smallest absolute Gasteiger partial charge is 0.197 e. The van der Waals surface area contributed by atoms with Crippen LogP contribution < -0.4 is 10.5 Å². The van der Waals surface area contributed by atoms with E-state index in [1.165, 1.54) is 0 Å². The molecular formula is C19H18N4O. The number of hydrogen-bond donors (Lipinski definition) is 2. The fourth-order valence-electron chi connectivity index (χ4n) is 2.71. The van der Waals surface area contributed by atoms with Crippen LogP contribution in [0, 0.1) is 11.3 Å². The summed E-state index contributed by atoms with van der Waals surface area (Å²) in [4.78, 5) is 7.34. The molecule has 0 spiro atoms. The molecule has 0 aliphatic carbocycles. The lowest BCUT2D eigenvalue weighted by molar-refractivity contribution is 0.414. The topological polar surface area (TPSA) is 87.7 Å². The second-order valence-corrected chi connectivity index (χ2v) is 5.55. The quantitative estimate of drug-likeness (QED) is 0.756. The molecule has 0 saturated carbocycles. The molecule has 3 N–H and O–H groups in total. The number of aromatic amines is 1. The van der Waals surface area contributed by atoms with Gasteiger partial charge in [-0.1, -0.05) is 24.3 Å². The molecule has 5 nitrogen and oxygen atoms in total. The van der Waals surface area contributed by atoms with Crippen molar-refractivity contribution < 1.29 is 4.74 Å². The van der Waals surface area contributed by atoms with Gasteiger partial charge < -0.3 is 15.5 Å². The Morgan fingerprint density at radius 3 is 2.42 bits per heavy atom. The number of nitrogens with one attached hydrogen (secondary N) is 1. The molecule has 0 aliphatic heterocycles. The van der Waals surface area contributed by atoms with Crippen LogP contribution in [0.15, 0.2) is 54.7 Å². The van der Waals surface area contributed by atoms with Crippen LogP contribution in [-0.4, -0.2) is 17.1 Å². The summed E-state index contributed by atoms with van der Waals surface area (Å²) in [6, 6.07) is 17.7. The summed E-state index contributed by atoms with van der Waals surface area (Å²) < 4.78 is 5.23. The number of rotatable bonds is 5. The Kier molecular flexibility index (Phi) is 4.48. The van der Waals surface area contributed by atoms with Gasteiger partial charge in [0.1, 0.15) is 5.75 Å². The Bertz CT molecular complexity index is 844. The molecule has 0 saturated heterocycles. The lowest BCUT2D eigenvalue weighted by Crippen LogP contribution is -2.06. The van der Waals surface area contributed by atoms with Crippen LogP contribution in [0.1, 0.15) is 28.3 Å². The largest absolute Gasteiger partial charge is 0.497 e. The summed E-state index contributed by atoms with van der Waals surface area (Å²) >= 11 is 0. The average Bonchev–Trinajstić information content (AvgIpc) is 3.06. The Morgan fingerprint density at radius 2 is 1.88 bits per heavy atom. The molecule has 24 heavy (non-hydrogen) atoms. The van der Waals surface area contributed by atoms with E-state index in [2.05, 4.69) is 16.0 Å². The van der Waals surface area contributed by atoms with E-state index < -0.39 is 0 Å². The van der Waals surface area contributed by atoms with Crippen molar-refractivity contribution >= 4 is 5.95 Å². The highest BCUT2D eigenvalue weighted by Gasteiger charge is 2.18. The molecule has 0 fully saturated rings. The summed E-state index contributed by atoms with van der Waals surface area (Å²) in [5.74, 6) is 1.29. The van der Waals surface area contributed by atoms with Crippen molar-refractivity contribution in [3.8, 4) is 11.8 Å². The molecule has 1 unspecified atom stereocenters. The number of aromatic nitrogens is 2. The molecule has 1 aromatic heterocycles. The summed E-state index contributed by atoms with van der Waals surface area (Å²) in [7, 11) is 1.65. The van der Waals surface area contributed by atoms with Crippen molar-refractivity contribution in [1.82, 2.24) is 9.97 Å². The van der Waals surface area contributed by atoms with E-state index in [1.807, 2.05) is 54.7 Å². The zero-order valence-electron chi connectivity index (χ0n) is 13.4. The van der Waals surface area contributed by atoms with Gasteiger partial charge in [0.15, 0.2) is 5.95 Å². The van der Waals surface area contributed by atoms with Crippen molar-refractivity contribution in [3.63, 3.8) is 0 Å². The number of anilines is 1. The van der Waals surface area contributed by atoms with E-state index in [4.69, 9.17) is 15.7 Å².